The van der Waals surface area contributed by atoms with Crippen molar-refractivity contribution in [1.29, 1.82) is 0 Å². The number of thiophene rings is 1. The molecule has 3 heterocycles. The number of hydrogen-bond donors (Lipinski definition) is 1. The highest BCUT2D eigenvalue weighted by atomic mass is 32.1. The van der Waals surface area contributed by atoms with Gasteiger partial charge in [-0.25, -0.2) is 0 Å². The van der Waals surface area contributed by atoms with Gasteiger partial charge in [-0.3, -0.25) is 24.6 Å². The van der Waals surface area contributed by atoms with Gasteiger partial charge < -0.3 is 15.1 Å². The molecule has 0 aliphatic carbocycles. The van der Waals surface area contributed by atoms with Crippen molar-refractivity contribution in [2.45, 2.75) is 6.42 Å². The third-order valence-corrected chi connectivity index (χ3v) is 5.78. The fraction of sp³-hybridized carbons (Fsp3) is 0.625. The number of nitrogens with one attached hydrogen (secondary N) is 1. The van der Waals surface area contributed by atoms with Crippen LogP contribution in [0.25, 0.3) is 0 Å². The summed E-state index contributed by atoms with van der Waals surface area (Å²) in [6, 6.07) is 2.89. The Labute approximate surface area is 155 Å². The molecule has 0 radical (unpaired) electrons. The standard InChI is InChI=1S/C16H23N5O4S/c22-14(19-7-4-17-5-8-19)3-6-18-9-11-20(12-10-18)16(23)13-1-2-15(26-13)21(24)25/h1-2,17H,3-12H2. The highest BCUT2D eigenvalue weighted by Crippen LogP contribution is 2.25. The Kier molecular flexibility index (Phi) is 6.17. The van der Waals surface area contributed by atoms with E-state index in [-0.39, 0.29) is 16.8 Å². The summed E-state index contributed by atoms with van der Waals surface area (Å²) in [5.41, 5.74) is 0. The summed E-state index contributed by atoms with van der Waals surface area (Å²) in [7, 11) is 0. The van der Waals surface area contributed by atoms with E-state index in [0.29, 0.717) is 44.0 Å². The number of nitro groups is 1. The molecule has 2 aliphatic heterocycles. The molecule has 0 unspecified atom stereocenters. The largest absolute Gasteiger partial charge is 0.340 e. The second kappa shape index (κ2) is 8.56. The minimum atomic E-state index is -0.477. The second-order valence-corrected chi connectivity index (χ2v) is 7.47. The zero-order chi connectivity index (χ0) is 18.5. The van der Waals surface area contributed by atoms with Crippen molar-refractivity contribution >= 4 is 28.2 Å². The van der Waals surface area contributed by atoms with Gasteiger partial charge in [0.15, 0.2) is 0 Å². The first kappa shape index (κ1) is 18.7. The molecule has 0 aromatic carbocycles. The van der Waals surface area contributed by atoms with Gasteiger partial charge >= 0.3 is 5.00 Å². The topological polar surface area (TPSA) is 99.0 Å². The Morgan fingerprint density at radius 2 is 1.77 bits per heavy atom. The van der Waals surface area contributed by atoms with E-state index in [1.165, 1.54) is 12.1 Å². The SMILES string of the molecule is O=C(CCN1CCN(C(=O)c2ccc([N+](=O)[O-])s2)CC1)N1CCNCC1. The zero-order valence-electron chi connectivity index (χ0n) is 14.6. The average molecular weight is 381 g/mol. The zero-order valence-corrected chi connectivity index (χ0v) is 15.4. The molecule has 10 heteroatoms. The fourth-order valence-corrected chi connectivity index (χ4v) is 3.99. The van der Waals surface area contributed by atoms with Crippen molar-refractivity contribution in [2.75, 3.05) is 58.9 Å². The summed E-state index contributed by atoms with van der Waals surface area (Å²) in [6.45, 7) is 6.54. The van der Waals surface area contributed by atoms with E-state index in [4.69, 9.17) is 0 Å². The number of carbonyl (C=O) groups is 2. The number of rotatable bonds is 5. The van der Waals surface area contributed by atoms with Crippen LogP contribution in [0.1, 0.15) is 16.1 Å². The van der Waals surface area contributed by atoms with Crippen LogP contribution in [0.5, 0.6) is 0 Å². The maximum atomic E-state index is 12.4. The molecule has 1 N–H and O–H groups in total. The first-order valence-electron chi connectivity index (χ1n) is 8.79. The van der Waals surface area contributed by atoms with E-state index < -0.39 is 4.92 Å². The van der Waals surface area contributed by atoms with Crippen LogP contribution < -0.4 is 5.32 Å². The summed E-state index contributed by atoms with van der Waals surface area (Å²) in [5.74, 6) is 0.0375. The van der Waals surface area contributed by atoms with E-state index >= 15 is 0 Å². The normalized spacial score (nSPS) is 18.8. The highest BCUT2D eigenvalue weighted by Gasteiger charge is 2.25. The summed E-state index contributed by atoms with van der Waals surface area (Å²) in [6.07, 6.45) is 0.505. The van der Waals surface area contributed by atoms with Gasteiger partial charge in [0.2, 0.25) is 5.91 Å². The first-order valence-corrected chi connectivity index (χ1v) is 9.60. The molecule has 2 fully saturated rings. The van der Waals surface area contributed by atoms with E-state index in [2.05, 4.69) is 10.2 Å². The van der Waals surface area contributed by atoms with Crippen LogP contribution in [0.15, 0.2) is 12.1 Å². The molecule has 2 aliphatic rings. The van der Waals surface area contributed by atoms with E-state index in [1.807, 2.05) is 4.90 Å². The molecule has 0 spiro atoms. The van der Waals surface area contributed by atoms with Gasteiger partial charge in [0, 0.05) is 71.4 Å². The molecule has 0 saturated carbocycles. The van der Waals surface area contributed by atoms with E-state index in [9.17, 15) is 19.7 Å². The Hall–Kier alpha value is -2.04. The van der Waals surface area contributed by atoms with Crippen LogP contribution in [-0.2, 0) is 4.79 Å². The lowest BCUT2D eigenvalue weighted by molar-refractivity contribution is -0.380. The molecule has 1 aromatic rings. The van der Waals surface area contributed by atoms with Crippen molar-refractivity contribution in [3.05, 3.63) is 27.1 Å². The average Bonchev–Trinajstić information content (AvgIpc) is 3.17. The molecule has 2 amide bonds. The summed E-state index contributed by atoms with van der Waals surface area (Å²) < 4.78 is 0. The number of hydrogen-bond acceptors (Lipinski definition) is 7. The number of carbonyl (C=O) groups excluding carboxylic acids is 2. The van der Waals surface area contributed by atoms with Crippen LogP contribution in [0.3, 0.4) is 0 Å². The van der Waals surface area contributed by atoms with Crippen LogP contribution >= 0.6 is 11.3 Å². The third kappa shape index (κ3) is 4.57. The molecule has 2 saturated heterocycles. The quantitative estimate of drug-likeness (QED) is 0.579. The van der Waals surface area contributed by atoms with Gasteiger partial charge in [-0.15, -0.1) is 0 Å². The maximum Gasteiger partial charge on any atom is 0.324 e. The van der Waals surface area contributed by atoms with E-state index in [1.54, 1.807) is 4.90 Å². The molecule has 1 aromatic heterocycles. The number of piperazine rings is 2. The van der Waals surface area contributed by atoms with Crippen molar-refractivity contribution in [3.8, 4) is 0 Å². The van der Waals surface area contributed by atoms with Gasteiger partial charge in [0.05, 0.1) is 9.80 Å². The smallest absolute Gasteiger partial charge is 0.324 e. The van der Waals surface area contributed by atoms with Crippen LogP contribution in [0.2, 0.25) is 0 Å². The van der Waals surface area contributed by atoms with Gasteiger partial charge in [-0.1, -0.05) is 11.3 Å². The predicted octanol–water partition coefficient (Wildman–Crippen LogP) is 0.236. The maximum absolute atomic E-state index is 12.4. The molecule has 9 nitrogen and oxygen atoms in total. The molecular weight excluding hydrogens is 358 g/mol. The Bertz CT molecular complexity index is 665. The van der Waals surface area contributed by atoms with Crippen LogP contribution in [0.4, 0.5) is 5.00 Å². The molecule has 0 atom stereocenters. The third-order valence-electron chi connectivity index (χ3n) is 4.75. The molecule has 3 rings (SSSR count). The van der Waals surface area contributed by atoms with Crippen molar-refractivity contribution < 1.29 is 14.5 Å². The van der Waals surface area contributed by atoms with Crippen molar-refractivity contribution in [1.82, 2.24) is 20.0 Å². The van der Waals surface area contributed by atoms with Gasteiger partial charge in [0.1, 0.15) is 0 Å². The minimum Gasteiger partial charge on any atom is -0.340 e. The lowest BCUT2D eigenvalue weighted by Gasteiger charge is -2.35. The van der Waals surface area contributed by atoms with Gasteiger partial charge in [-0.05, 0) is 6.07 Å². The van der Waals surface area contributed by atoms with Gasteiger partial charge in [-0.2, -0.15) is 0 Å². The first-order chi connectivity index (χ1) is 12.5. The monoisotopic (exact) mass is 381 g/mol. The number of nitrogens with zero attached hydrogens (tertiary/aromatic N) is 4. The van der Waals surface area contributed by atoms with Crippen molar-refractivity contribution in [3.63, 3.8) is 0 Å². The Morgan fingerprint density at radius 3 is 2.38 bits per heavy atom. The fourth-order valence-electron chi connectivity index (χ4n) is 3.20. The van der Waals surface area contributed by atoms with Crippen LogP contribution in [-0.4, -0.2) is 90.3 Å². The lowest BCUT2D eigenvalue weighted by Crippen LogP contribution is -2.50. The summed E-state index contributed by atoms with van der Waals surface area (Å²) in [4.78, 5) is 41.1. The van der Waals surface area contributed by atoms with Gasteiger partial charge in [0.25, 0.3) is 5.91 Å². The number of amides is 2. The summed E-state index contributed by atoms with van der Waals surface area (Å²) >= 11 is 0.914. The molecular formula is C16H23N5O4S. The van der Waals surface area contributed by atoms with Crippen molar-refractivity contribution in [2.24, 2.45) is 0 Å². The molecule has 0 bridgehead atoms. The highest BCUT2D eigenvalue weighted by molar-refractivity contribution is 7.17. The Balaban J connectivity index is 1.42. The summed E-state index contributed by atoms with van der Waals surface area (Å²) in [5, 5.41) is 14.0. The lowest BCUT2D eigenvalue weighted by atomic mass is 10.2. The molecule has 142 valence electrons. The predicted molar refractivity (Wildman–Crippen MR) is 97.4 cm³/mol. The molecule has 26 heavy (non-hydrogen) atoms. The van der Waals surface area contributed by atoms with Crippen LogP contribution in [0, 0.1) is 10.1 Å². The Morgan fingerprint density at radius 1 is 1.08 bits per heavy atom. The second-order valence-electron chi connectivity index (χ2n) is 6.41. The van der Waals surface area contributed by atoms with E-state index in [0.717, 1.165) is 37.5 Å². The minimum absolute atomic E-state index is 0.0154.